The van der Waals surface area contributed by atoms with E-state index in [0.717, 1.165) is 12.8 Å². The first kappa shape index (κ1) is 18.3. The van der Waals surface area contributed by atoms with Crippen LogP contribution in [0.15, 0.2) is 34.9 Å². The third-order valence-corrected chi connectivity index (χ3v) is 4.69. The molecule has 0 unspecified atom stereocenters. The summed E-state index contributed by atoms with van der Waals surface area (Å²) < 4.78 is 46.3. The number of halogens is 3. The highest BCUT2D eigenvalue weighted by Crippen LogP contribution is 2.36. The van der Waals surface area contributed by atoms with Crippen LogP contribution in [-0.2, 0) is 19.0 Å². The number of rotatable bonds is 3. The molecule has 0 saturated heterocycles. The smallest absolute Gasteiger partial charge is 0.360 e. The summed E-state index contributed by atoms with van der Waals surface area (Å²) in [4.78, 5) is 12.3. The predicted molar refractivity (Wildman–Crippen MR) is 94.4 cm³/mol. The van der Waals surface area contributed by atoms with E-state index >= 15 is 0 Å². The molecule has 0 radical (unpaired) electrons. The normalized spacial score (nSPS) is 14.0. The van der Waals surface area contributed by atoms with Gasteiger partial charge in [0.05, 0.1) is 5.69 Å². The van der Waals surface area contributed by atoms with Crippen molar-refractivity contribution in [1.29, 1.82) is 0 Å². The lowest BCUT2D eigenvalue weighted by Crippen LogP contribution is -2.12. The number of carbonyl (C=O) groups is 1. The van der Waals surface area contributed by atoms with Crippen molar-refractivity contribution < 1.29 is 22.5 Å². The number of aromatic nitrogens is 3. The van der Waals surface area contributed by atoms with Crippen LogP contribution in [0.4, 0.5) is 19.0 Å². The Kier molecular flexibility index (Phi) is 4.44. The van der Waals surface area contributed by atoms with Gasteiger partial charge in [0.1, 0.15) is 5.76 Å². The van der Waals surface area contributed by atoms with Gasteiger partial charge in [-0.2, -0.15) is 18.3 Å². The summed E-state index contributed by atoms with van der Waals surface area (Å²) in [6.45, 7) is 1.71. The average Bonchev–Trinajstić information content (AvgIpc) is 3.25. The molecule has 0 spiro atoms. The zero-order valence-electron chi connectivity index (χ0n) is 15.0. The molecule has 1 aliphatic rings. The number of alkyl halides is 3. The van der Waals surface area contributed by atoms with E-state index < -0.39 is 17.8 Å². The number of carbonyl (C=O) groups excluding carboxylic acids is 1. The van der Waals surface area contributed by atoms with Gasteiger partial charge in [0.25, 0.3) is 5.91 Å². The molecule has 4 rings (SSSR count). The Morgan fingerprint density at radius 1 is 1.18 bits per heavy atom. The van der Waals surface area contributed by atoms with Gasteiger partial charge >= 0.3 is 6.18 Å². The van der Waals surface area contributed by atoms with Crippen molar-refractivity contribution in [2.24, 2.45) is 0 Å². The van der Waals surface area contributed by atoms with E-state index in [0.29, 0.717) is 41.4 Å². The zero-order chi connectivity index (χ0) is 19.9. The highest BCUT2D eigenvalue weighted by atomic mass is 19.4. The van der Waals surface area contributed by atoms with E-state index in [-0.39, 0.29) is 5.56 Å². The van der Waals surface area contributed by atoms with E-state index in [4.69, 9.17) is 4.52 Å². The summed E-state index contributed by atoms with van der Waals surface area (Å²) in [5, 5.41) is 10.1. The molecule has 1 aliphatic carbocycles. The van der Waals surface area contributed by atoms with Crippen LogP contribution in [-0.4, -0.2) is 20.8 Å². The van der Waals surface area contributed by atoms with Crippen LogP contribution in [0.1, 0.15) is 45.9 Å². The topological polar surface area (TPSA) is 73.0 Å². The number of fused-ring (bicyclic) bond motifs is 1. The number of anilines is 1. The van der Waals surface area contributed by atoms with E-state index in [1.807, 2.05) is 0 Å². The van der Waals surface area contributed by atoms with Crippen LogP contribution in [0.3, 0.4) is 0 Å². The number of hydrogen-bond donors (Lipinski definition) is 1. The molecule has 6 nitrogen and oxygen atoms in total. The Labute approximate surface area is 158 Å². The number of hydrogen-bond acceptors (Lipinski definition) is 4. The van der Waals surface area contributed by atoms with Gasteiger partial charge in [-0.1, -0.05) is 5.16 Å². The molecule has 2 heterocycles. The highest BCUT2D eigenvalue weighted by Gasteiger charge is 2.39. The molecular formula is C19H17F3N4O2. The molecule has 146 valence electrons. The van der Waals surface area contributed by atoms with Gasteiger partial charge in [0.15, 0.2) is 11.5 Å². The number of benzene rings is 1. The largest absolute Gasteiger partial charge is 0.435 e. The van der Waals surface area contributed by atoms with Crippen LogP contribution >= 0.6 is 0 Å². The fraction of sp³-hybridized carbons (Fsp3) is 0.316. The average molecular weight is 390 g/mol. The second kappa shape index (κ2) is 6.81. The molecule has 0 saturated carbocycles. The van der Waals surface area contributed by atoms with E-state index in [1.54, 1.807) is 37.3 Å². The Hall–Kier alpha value is -3.10. The minimum absolute atomic E-state index is 0.280. The molecule has 9 heteroatoms. The lowest BCUT2D eigenvalue weighted by molar-refractivity contribution is -0.142. The SMILES string of the molecule is Cc1cc(NC(=O)c2ccc(-n3nc(C(F)(F)F)c4c3CCCC4)cc2)no1. The molecule has 1 aromatic carbocycles. The maximum absolute atomic E-state index is 13.3. The van der Waals surface area contributed by atoms with Gasteiger partial charge in [0.2, 0.25) is 0 Å². The summed E-state index contributed by atoms with van der Waals surface area (Å²) in [5.41, 5.74) is 0.894. The molecule has 0 atom stereocenters. The van der Waals surface area contributed by atoms with Crippen LogP contribution in [0, 0.1) is 6.92 Å². The molecular weight excluding hydrogens is 373 g/mol. The quantitative estimate of drug-likeness (QED) is 0.723. The maximum atomic E-state index is 13.3. The second-order valence-corrected chi connectivity index (χ2v) is 6.71. The molecule has 0 bridgehead atoms. The van der Waals surface area contributed by atoms with Gasteiger partial charge in [-0.05, 0) is 56.9 Å². The van der Waals surface area contributed by atoms with Crippen LogP contribution in [0.25, 0.3) is 5.69 Å². The van der Waals surface area contributed by atoms with Gasteiger partial charge in [-0.25, -0.2) is 4.68 Å². The number of nitrogens with one attached hydrogen (secondary N) is 1. The summed E-state index contributed by atoms with van der Waals surface area (Å²) in [6.07, 6.45) is -2.01. The number of aryl methyl sites for hydroxylation is 1. The molecule has 1 N–H and O–H groups in total. The summed E-state index contributed by atoms with van der Waals surface area (Å²) in [7, 11) is 0. The lowest BCUT2D eigenvalue weighted by Gasteiger charge is -2.14. The van der Waals surface area contributed by atoms with Crippen molar-refractivity contribution in [2.75, 3.05) is 5.32 Å². The maximum Gasteiger partial charge on any atom is 0.435 e. The third kappa shape index (κ3) is 3.39. The van der Waals surface area contributed by atoms with Crippen molar-refractivity contribution in [3.8, 4) is 5.69 Å². The van der Waals surface area contributed by atoms with Gasteiger partial charge in [0, 0.05) is 22.9 Å². The van der Waals surface area contributed by atoms with Crippen molar-refractivity contribution in [1.82, 2.24) is 14.9 Å². The number of amides is 1. The van der Waals surface area contributed by atoms with E-state index in [2.05, 4.69) is 15.6 Å². The molecule has 0 fully saturated rings. The molecule has 28 heavy (non-hydrogen) atoms. The minimum Gasteiger partial charge on any atom is -0.360 e. The first-order valence-corrected chi connectivity index (χ1v) is 8.86. The third-order valence-electron chi connectivity index (χ3n) is 4.69. The van der Waals surface area contributed by atoms with Crippen LogP contribution in [0.2, 0.25) is 0 Å². The Morgan fingerprint density at radius 3 is 2.54 bits per heavy atom. The van der Waals surface area contributed by atoms with Crippen LogP contribution < -0.4 is 5.32 Å². The summed E-state index contributed by atoms with van der Waals surface area (Å²) in [6, 6.07) is 7.85. The second-order valence-electron chi connectivity index (χ2n) is 6.71. The summed E-state index contributed by atoms with van der Waals surface area (Å²) >= 11 is 0. The Bertz CT molecular complexity index is 1020. The van der Waals surface area contributed by atoms with Gasteiger partial charge < -0.3 is 9.84 Å². The summed E-state index contributed by atoms with van der Waals surface area (Å²) in [5.74, 6) is 0.468. The van der Waals surface area contributed by atoms with Crippen molar-refractivity contribution in [3.05, 3.63) is 58.6 Å². The first-order valence-electron chi connectivity index (χ1n) is 8.86. The van der Waals surface area contributed by atoms with Crippen molar-refractivity contribution in [3.63, 3.8) is 0 Å². The molecule has 1 amide bonds. The first-order chi connectivity index (χ1) is 13.3. The Morgan fingerprint density at radius 2 is 1.89 bits per heavy atom. The van der Waals surface area contributed by atoms with Crippen molar-refractivity contribution >= 4 is 11.7 Å². The minimum atomic E-state index is -4.48. The zero-order valence-corrected chi connectivity index (χ0v) is 15.0. The van der Waals surface area contributed by atoms with Crippen molar-refractivity contribution in [2.45, 2.75) is 38.8 Å². The highest BCUT2D eigenvalue weighted by molar-refractivity contribution is 6.03. The van der Waals surface area contributed by atoms with E-state index in [1.165, 1.54) is 4.68 Å². The van der Waals surface area contributed by atoms with Crippen LogP contribution in [0.5, 0.6) is 0 Å². The lowest BCUT2D eigenvalue weighted by atomic mass is 9.95. The fourth-order valence-corrected chi connectivity index (χ4v) is 3.41. The monoisotopic (exact) mass is 390 g/mol. The Balaban J connectivity index is 1.62. The molecule has 0 aliphatic heterocycles. The number of nitrogens with zero attached hydrogens (tertiary/aromatic N) is 3. The molecule has 2 aromatic heterocycles. The van der Waals surface area contributed by atoms with E-state index in [9.17, 15) is 18.0 Å². The van der Waals surface area contributed by atoms with Gasteiger partial charge in [-0.3, -0.25) is 4.79 Å². The predicted octanol–water partition coefficient (Wildman–Crippen LogP) is 4.32. The standard InChI is InChI=1S/C19H17F3N4O2/c1-11-10-16(25-28-11)23-18(27)12-6-8-13(9-7-12)26-15-5-3-2-4-14(15)17(24-26)19(20,21)22/h6-10H,2-5H2,1H3,(H,23,25,27). The van der Waals surface area contributed by atoms with Gasteiger partial charge in [-0.15, -0.1) is 0 Å². The fourth-order valence-electron chi connectivity index (χ4n) is 3.41. The molecule has 3 aromatic rings.